The van der Waals surface area contributed by atoms with Crippen molar-refractivity contribution in [3.05, 3.63) is 60.0 Å². The van der Waals surface area contributed by atoms with Crippen LogP contribution in [0.15, 0.2) is 48.8 Å². The Balaban J connectivity index is 1.96. The van der Waals surface area contributed by atoms with E-state index < -0.39 is 0 Å². The number of rotatable bonds is 3. The van der Waals surface area contributed by atoms with Crippen molar-refractivity contribution in [2.45, 2.75) is 12.5 Å². The number of hydrogen-bond acceptors (Lipinski definition) is 3. The number of para-hydroxylation sites is 1. The van der Waals surface area contributed by atoms with Crippen LogP contribution in [0.4, 0.5) is 0 Å². The molecule has 2 heterocycles. The van der Waals surface area contributed by atoms with Gasteiger partial charge in [0.25, 0.3) is 0 Å². The maximum absolute atomic E-state index is 6.28. The van der Waals surface area contributed by atoms with Crippen LogP contribution < -0.4 is 5.73 Å². The molecular formula is C15H16N4. The maximum Gasteiger partial charge on any atom is 0.0704 e. The zero-order valence-electron chi connectivity index (χ0n) is 10.8. The highest BCUT2D eigenvalue weighted by Crippen LogP contribution is 2.21. The second-order valence-electron chi connectivity index (χ2n) is 4.68. The SMILES string of the molecule is Cn1nccc1C(N)Cc1ccnc2ccccc12. The Morgan fingerprint density at radius 2 is 2.00 bits per heavy atom. The fraction of sp³-hybridized carbons (Fsp3) is 0.200. The zero-order valence-corrected chi connectivity index (χ0v) is 10.8. The van der Waals surface area contributed by atoms with E-state index in [0.29, 0.717) is 0 Å². The first kappa shape index (κ1) is 11.9. The highest BCUT2D eigenvalue weighted by atomic mass is 15.3. The summed E-state index contributed by atoms with van der Waals surface area (Å²) in [6, 6.07) is 12.1. The summed E-state index contributed by atoms with van der Waals surface area (Å²) in [7, 11) is 1.92. The minimum atomic E-state index is -0.0571. The Morgan fingerprint density at radius 3 is 2.79 bits per heavy atom. The van der Waals surface area contributed by atoms with E-state index in [1.165, 1.54) is 10.9 Å². The van der Waals surface area contributed by atoms with Crippen LogP contribution in [0.3, 0.4) is 0 Å². The third-order valence-electron chi connectivity index (χ3n) is 3.42. The minimum absolute atomic E-state index is 0.0571. The number of nitrogens with two attached hydrogens (primary N) is 1. The molecule has 0 aliphatic rings. The highest BCUT2D eigenvalue weighted by Gasteiger charge is 2.12. The monoisotopic (exact) mass is 252 g/mol. The Kier molecular flexibility index (Phi) is 3.01. The number of benzene rings is 1. The van der Waals surface area contributed by atoms with Crippen LogP contribution >= 0.6 is 0 Å². The summed E-state index contributed by atoms with van der Waals surface area (Å²) in [5.41, 5.74) is 9.56. The molecule has 3 aromatic rings. The van der Waals surface area contributed by atoms with Gasteiger partial charge in [-0.25, -0.2) is 0 Å². The first-order valence-corrected chi connectivity index (χ1v) is 6.32. The van der Waals surface area contributed by atoms with Crippen LogP contribution in [0, 0.1) is 0 Å². The number of hydrogen-bond donors (Lipinski definition) is 1. The van der Waals surface area contributed by atoms with E-state index in [-0.39, 0.29) is 6.04 Å². The van der Waals surface area contributed by atoms with Gasteiger partial charge in [0.05, 0.1) is 17.3 Å². The molecule has 0 saturated heterocycles. The third kappa shape index (κ3) is 2.22. The maximum atomic E-state index is 6.28. The Hall–Kier alpha value is -2.20. The second-order valence-corrected chi connectivity index (χ2v) is 4.68. The quantitative estimate of drug-likeness (QED) is 0.777. The summed E-state index contributed by atoms with van der Waals surface area (Å²) in [5.74, 6) is 0. The predicted molar refractivity (Wildman–Crippen MR) is 75.6 cm³/mol. The molecule has 0 saturated carbocycles. The lowest BCUT2D eigenvalue weighted by Crippen LogP contribution is -2.17. The molecule has 2 N–H and O–H groups in total. The van der Waals surface area contributed by atoms with Crippen LogP contribution in [0.25, 0.3) is 10.9 Å². The molecule has 0 fully saturated rings. The smallest absolute Gasteiger partial charge is 0.0704 e. The standard InChI is InChI=1S/C15H16N4/c1-19-15(7-9-18-19)13(16)10-11-6-8-17-14-5-3-2-4-12(11)14/h2-9,13H,10,16H2,1H3. The van der Waals surface area contributed by atoms with Crippen molar-refractivity contribution in [2.75, 3.05) is 0 Å². The van der Waals surface area contributed by atoms with Gasteiger partial charge in [0.15, 0.2) is 0 Å². The van der Waals surface area contributed by atoms with Gasteiger partial charge in [-0.1, -0.05) is 18.2 Å². The van der Waals surface area contributed by atoms with Crippen LogP contribution in [-0.4, -0.2) is 14.8 Å². The van der Waals surface area contributed by atoms with Crippen molar-refractivity contribution in [3.63, 3.8) is 0 Å². The van der Waals surface area contributed by atoms with E-state index in [1.54, 1.807) is 6.20 Å². The van der Waals surface area contributed by atoms with Gasteiger partial charge < -0.3 is 5.73 Å². The van der Waals surface area contributed by atoms with Gasteiger partial charge in [-0.05, 0) is 30.2 Å². The zero-order chi connectivity index (χ0) is 13.2. The number of fused-ring (bicyclic) bond motifs is 1. The minimum Gasteiger partial charge on any atom is -0.322 e. The summed E-state index contributed by atoms with van der Waals surface area (Å²) < 4.78 is 1.83. The molecule has 0 aliphatic heterocycles. The number of aryl methyl sites for hydroxylation is 1. The molecule has 0 spiro atoms. The first-order valence-electron chi connectivity index (χ1n) is 6.32. The van der Waals surface area contributed by atoms with Crippen LogP contribution in [-0.2, 0) is 13.5 Å². The van der Waals surface area contributed by atoms with Gasteiger partial charge in [0.2, 0.25) is 0 Å². The Bertz CT molecular complexity index is 697. The second kappa shape index (κ2) is 4.82. The molecule has 4 nitrogen and oxygen atoms in total. The summed E-state index contributed by atoms with van der Waals surface area (Å²) in [4.78, 5) is 4.37. The molecular weight excluding hydrogens is 236 g/mol. The lowest BCUT2D eigenvalue weighted by Gasteiger charge is -2.13. The molecule has 0 bridgehead atoms. The molecule has 1 unspecified atom stereocenters. The summed E-state index contributed by atoms with van der Waals surface area (Å²) in [5, 5.41) is 5.34. The van der Waals surface area contributed by atoms with E-state index in [2.05, 4.69) is 16.1 Å². The molecule has 19 heavy (non-hydrogen) atoms. The van der Waals surface area contributed by atoms with Crippen molar-refractivity contribution >= 4 is 10.9 Å². The van der Waals surface area contributed by atoms with Gasteiger partial charge in [0, 0.05) is 24.8 Å². The van der Waals surface area contributed by atoms with Crippen LogP contribution in [0.5, 0.6) is 0 Å². The van der Waals surface area contributed by atoms with Crippen molar-refractivity contribution < 1.29 is 0 Å². The summed E-state index contributed by atoms with van der Waals surface area (Å²) >= 11 is 0. The average molecular weight is 252 g/mol. The molecule has 0 amide bonds. The van der Waals surface area contributed by atoms with E-state index in [1.807, 2.05) is 48.3 Å². The van der Waals surface area contributed by atoms with E-state index >= 15 is 0 Å². The van der Waals surface area contributed by atoms with Crippen molar-refractivity contribution in [2.24, 2.45) is 12.8 Å². The predicted octanol–water partition coefficient (Wildman–Crippen LogP) is 2.21. The Labute approximate surface area is 111 Å². The molecule has 2 aromatic heterocycles. The number of nitrogens with zero attached hydrogens (tertiary/aromatic N) is 3. The topological polar surface area (TPSA) is 56.7 Å². The van der Waals surface area contributed by atoms with E-state index in [0.717, 1.165) is 17.6 Å². The third-order valence-corrected chi connectivity index (χ3v) is 3.42. The summed E-state index contributed by atoms with van der Waals surface area (Å²) in [6.45, 7) is 0. The van der Waals surface area contributed by atoms with Gasteiger partial charge >= 0.3 is 0 Å². The van der Waals surface area contributed by atoms with Crippen LogP contribution in [0.2, 0.25) is 0 Å². The molecule has 1 atom stereocenters. The van der Waals surface area contributed by atoms with Crippen LogP contribution in [0.1, 0.15) is 17.3 Å². The van der Waals surface area contributed by atoms with Crippen molar-refractivity contribution in [3.8, 4) is 0 Å². The number of pyridine rings is 1. The molecule has 4 heteroatoms. The lowest BCUT2D eigenvalue weighted by atomic mass is 10.0. The molecule has 96 valence electrons. The molecule has 0 radical (unpaired) electrons. The Morgan fingerprint density at radius 1 is 1.16 bits per heavy atom. The fourth-order valence-corrected chi connectivity index (χ4v) is 2.42. The first-order chi connectivity index (χ1) is 9.25. The van der Waals surface area contributed by atoms with Gasteiger partial charge in [-0.3, -0.25) is 9.67 Å². The summed E-state index contributed by atoms with van der Waals surface area (Å²) in [6.07, 6.45) is 4.40. The van der Waals surface area contributed by atoms with Crippen molar-refractivity contribution in [1.82, 2.24) is 14.8 Å². The average Bonchev–Trinajstić information content (AvgIpc) is 2.85. The molecule has 0 aliphatic carbocycles. The van der Waals surface area contributed by atoms with E-state index in [4.69, 9.17) is 5.73 Å². The van der Waals surface area contributed by atoms with E-state index in [9.17, 15) is 0 Å². The molecule has 3 rings (SSSR count). The normalized spacial score (nSPS) is 12.7. The fourth-order valence-electron chi connectivity index (χ4n) is 2.42. The molecule has 1 aromatic carbocycles. The highest BCUT2D eigenvalue weighted by molar-refractivity contribution is 5.81. The van der Waals surface area contributed by atoms with Gasteiger partial charge in [-0.2, -0.15) is 5.10 Å². The number of aromatic nitrogens is 3. The van der Waals surface area contributed by atoms with Crippen molar-refractivity contribution in [1.29, 1.82) is 0 Å². The van der Waals surface area contributed by atoms with Gasteiger partial charge in [0.1, 0.15) is 0 Å². The lowest BCUT2D eigenvalue weighted by molar-refractivity contribution is 0.618. The largest absolute Gasteiger partial charge is 0.322 e. The van der Waals surface area contributed by atoms with Gasteiger partial charge in [-0.15, -0.1) is 0 Å².